The van der Waals surface area contributed by atoms with Crippen LogP contribution in [0, 0.1) is 6.92 Å². The van der Waals surface area contributed by atoms with Crippen LogP contribution in [0.1, 0.15) is 32.2 Å². The number of aryl methyl sites for hydroxylation is 1. The van der Waals surface area contributed by atoms with Gasteiger partial charge in [-0.05, 0) is 18.7 Å². The highest BCUT2D eigenvalue weighted by atomic mass is 32.2. The molecule has 2 heterocycles. The van der Waals surface area contributed by atoms with E-state index in [0.29, 0.717) is 5.82 Å². The van der Waals surface area contributed by atoms with Gasteiger partial charge >= 0.3 is 0 Å². The second-order valence-electron chi connectivity index (χ2n) is 5.54. The van der Waals surface area contributed by atoms with Gasteiger partial charge in [-0.3, -0.25) is 0 Å². The molecular weight excluding hydrogens is 258 g/mol. The van der Waals surface area contributed by atoms with Gasteiger partial charge in [0.25, 0.3) is 0 Å². The van der Waals surface area contributed by atoms with Gasteiger partial charge in [-0.1, -0.05) is 20.8 Å². The predicted molar refractivity (Wildman–Crippen MR) is 77.2 cm³/mol. The monoisotopic (exact) mass is 277 g/mol. The van der Waals surface area contributed by atoms with Gasteiger partial charge < -0.3 is 10.3 Å². The van der Waals surface area contributed by atoms with Crippen LogP contribution in [0.2, 0.25) is 0 Å². The van der Waals surface area contributed by atoms with E-state index >= 15 is 0 Å². The molecule has 0 aliphatic carbocycles. The molecule has 2 aromatic heterocycles. The number of nitrogens with two attached hydrogens (primary N) is 1. The molecule has 0 saturated carbocycles. The largest absolute Gasteiger partial charge is 0.383 e. The Morgan fingerprint density at radius 1 is 1.26 bits per heavy atom. The summed E-state index contributed by atoms with van der Waals surface area (Å²) in [5, 5.41) is 1.76. The van der Waals surface area contributed by atoms with Crippen LogP contribution < -0.4 is 5.73 Å². The number of anilines is 1. The highest BCUT2D eigenvalue weighted by Gasteiger charge is 2.21. The maximum absolute atomic E-state index is 5.99. The number of hydrogen-bond acceptors (Lipinski definition) is 5. The summed E-state index contributed by atoms with van der Waals surface area (Å²) in [6, 6.07) is 0. The van der Waals surface area contributed by atoms with Gasteiger partial charge in [-0.15, -0.1) is 0 Å². The van der Waals surface area contributed by atoms with Crippen molar-refractivity contribution in [3.05, 3.63) is 23.8 Å². The van der Waals surface area contributed by atoms with Crippen molar-refractivity contribution >= 4 is 17.6 Å². The second-order valence-corrected chi connectivity index (χ2v) is 6.49. The molecule has 0 aliphatic heterocycles. The van der Waals surface area contributed by atoms with Crippen molar-refractivity contribution in [3.8, 4) is 0 Å². The Labute approximate surface area is 117 Å². The Hall–Kier alpha value is -1.56. The Bertz CT molecular complexity index is 598. The summed E-state index contributed by atoms with van der Waals surface area (Å²) in [6.07, 6.45) is 3.68. The Morgan fingerprint density at radius 2 is 1.95 bits per heavy atom. The van der Waals surface area contributed by atoms with Crippen LogP contribution in [0.3, 0.4) is 0 Å². The van der Waals surface area contributed by atoms with E-state index in [4.69, 9.17) is 5.73 Å². The zero-order valence-corrected chi connectivity index (χ0v) is 12.7. The summed E-state index contributed by atoms with van der Waals surface area (Å²) >= 11 is 1.51. The number of nitrogen functional groups attached to an aromatic ring is 1. The molecular formula is C13H19N5S. The van der Waals surface area contributed by atoms with Gasteiger partial charge in [-0.25, -0.2) is 15.0 Å². The van der Waals surface area contributed by atoms with Crippen molar-refractivity contribution in [3.63, 3.8) is 0 Å². The standard InChI is InChI=1S/C13H19N5S/c1-8-9(14)16-11(13(2,3)4)17-10(8)19-12-15-6-7-18(12)5/h6-7H,1-5H3,(H2,14,16,17). The lowest BCUT2D eigenvalue weighted by Crippen LogP contribution is -2.18. The maximum atomic E-state index is 5.99. The number of aromatic nitrogens is 4. The summed E-state index contributed by atoms with van der Waals surface area (Å²) < 4.78 is 1.96. The Balaban J connectivity index is 2.45. The zero-order chi connectivity index (χ0) is 14.2. The molecule has 0 bridgehead atoms. The zero-order valence-electron chi connectivity index (χ0n) is 11.9. The molecule has 5 nitrogen and oxygen atoms in total. The third-order valence-electron chi connectivity index (χ3n) is 2.77. The second kappa shape index (κ2) is 4.85. The SMILES string of the molecule is Cc1c(N)nc(C(C)(C)C)nc1Sc1nccn1C. The van der Waals surface area contributed by atoms with Gasteiger partial charge in [0.15, 0.2) is 5.16 Å². The topological polar surface area (TPSA) is 69.6 Å². The van der Waals surface area contributed by atoms with Crippen molar-refractivity contribution in [1.29, 1.82) is 0 Å². The molecule has 2 aromatic rings. The number of imidazole rings is 1. The first kappa shape index (κ1) is 13.9. The van der Waals surface area contributed by atoms with Crippen LogP contribution in [-0.2, 0) is 12.5 Å². The van der Waals surface area contributed by atoms with Crippen molar-refractivity contribution < 1.29 is 0 Å². The van der Waals surface area contributed by atoms with Crippen molar-refractivity contribution in [2.24, 2.45) is 7.05 Å². The van der Waals surface area contributed by atoms with E-state index in [1.54, 1.807) is 6.20 Å². The molecule has 2 N–H and O–H groups in total. The smallest absolute Gasteiger partial charge is 0.174 e. The van der Waals surface area contributed by atoms with Crippen LogP contribution in [0.5, 0.6) is 0 Å². The highest BCUT2D eigenvalue weighted by Crippen LogP contribution is 2.31. The fourth-order valence-electron chi connectivity index (χ4n) is 1.48. The summed E-state index contributed by atoms with van der Waals surface area (Å²) in [4.78, 5) is 13.3. The van der Waals surface area contributed by atoms with Gasteiger partial charge in [0.2, 0.25) is 0 Å². The number of rotatable bonds is 2. The molecule has 0 spiro atoms. The molecule has 0 atom stereocenters. The Kier molecular flexibility index (Phi) is 3.54. The summed E-state index contributed by atoms with van der Waals surface area (Å²) in [5.41, 5.74) is 6.77. The van der Waals surface area contributed by atoms with E-state index in [9.17, 15) is 0 Å². The third kappa shape index (κ3) is 2.89. The van der Waals surface area contributed by atoms with Crippen LogP contribution in [0.15, 0.2) is 22.6 Å². The van der Waals surface area contributed by atoms with E-state index in [0.717, 1.165) is 21.6 Å². The first-order valence-corrected chi connectivity index (χ1v) is 6.90. The van der Waals surface area contributed by atoms with Gasteiger partial charge in [0.1, 0.15) is 16.7 Å². The molecule has 102 valence electrons. The minimum absolute atomic E-state index is 0.126. The summed E-state index contributed by atoms with van der Waals surface area (Å²) in [7, 11) is 1.96. The lowest BCUT2D eigenvalue weighted by molar-refractivity contribution is 0.538. The summed E-state index contributed by atoms with van der Waals surface area (Å²) in [5.74, 6) is 1.30. The average Bonchev–Trinajstić information content (AvgIpc) is 2.69. The fraction of sp³-hybridized carbons (Fsp3) is 0.462. The van der Waals surface area contributed by atoms with Crippen molar-refractivity contribution in [2.45, 2.75) is 43.3 Å². The van der Waals surface area contributed by atoms with Crippen LogP contribution >= 0.6 is 11.8 Å². The van der Waals surface area contributed by atoms with Gasteiger partial charge in [0.05, 0.1) is 0 Å². The lowest BCUT2D eigenvalue weighted by atomic mass is 9.95. The minimum atomic E-state index is -0.126. The highest BCUT2D eigenvalue weighted by molar-refractivity contribution is 7.99. The van der Waals surface area contributed by atoms with E-state index < -0.39 is 0 Å². The van der Waals surface area contributed by atoms with E-state index in [2.05, 4.69) is 35.7 Å². The van der Waals surface area contributed by atoms with Crippen molar-refractivity contribution in [1.82, 2.24) is 19.5 Å². The van der Waals surface area contributed by atoms with E-state index in [1.807, 2.05) is 24.7 Å². The van der Waals surface area contributed by atoms with Gasteiger partial charge in [0, 0.05) is 30.4 Å². The number of hydrogen-bond donors (Lipinski definition) is 1. The van der Waals surface area contributed by atoms with E-state index in [-0.39, 0.29) is 5.41 Å². The number of nitrogens with zero attached hydrogens (tertiary/aromatic N) is 4. The quantitative estimate of drug-likeness (QED) is 0.854. The molecule has 0 aliphatic rings. The fourth-order valence-corrected chi connectivity index (χ4v) is 2.37. The Morgan fingerprint density at radius 3 is 2.47 bits per heavy atom. The lowest BCUT2D eigenvalue weighted by Gasteiger charge is -2.19. The normalized spacial score (nSPS) is 11.8. The molecule has 0 fully saturated rings. The molecule has 19 heavy (non-hydrogen) atoms. The molecule has 0 aromatic carbocycles. The molecule has 2 rings (SSSR count). The molecule has 0 unspecified atom stereocenters. The third-order valence-corrected chi connectivity index (χ3v) is 3.94. The van der Waals surface area contributed by atoms with Crippen LogP contribution in [-0.4, -0.2) is 19.5 Å². The molecule has 0 saturated heterocycles. The molecule has 0 amide bonds. The van der Waals surface area contributed by atoms with Crippen LogP contribution in [0.4, 0.5) is 5.82 Å². The van der Waals surface area contributed by atoms with Gasteiger partial charge in [-0.2, -0.15) is 0 Å². The first-order chi connectivity index (χ1) is 8.79. The minimum Gasteiger partial charge on any atom is -0.383 e. The maximum Gasteiger partial charge on any atom is 0.174 e. The van der Waals surface area contributed by atoms with Crippen molar-refractivity contribution in [2.75, 3.05) is 5.73 Å². The van der Waals surface area contributed by atoms with E-state index in [1.165, 1.54) is 11.8 Å². The average molecular weight is 277 g/mol. The predicted octanol–water partition coefficient (Wildman–Crippen LogP) is 2.55. The van der Waals surface area contributed by atoms with Crippen LogP contribution in [0.25, 0.3) is 0 Å². The molecule has 0 radical (unpaired) electrons. The first-order valence-electron chi connectivity index (χ1n) is 6.09. The molecule has 6 heteroatoms. The summed E-state index contributed by atoms with van der Waals surface area (Å²) in [6.45, 7) is 8.16.